The van der Waals surface area contributed by atoms with Gasteiger partial charge in [-0.05, 0) is 69.0 Å². The predicted molar refractivity (Wildman–Crippen MR) is 134 cm³/mol. The highest BCUT2D eigenvalue weighted by Crippen LogP contribution is 2.32. The van der Waals surface area contributed by atoms with E-state index in [0.29, 0.717) is 12.1 Å². The molecule has 1 fully saturated rings. The molecular formula is C25H30N6S. The summed E-state index contributed by atoms with van der Waals surface area (Å²) < 4.78 is 1.96. The van der Waals surface area contributed by atoms with Crippen molar-refractivity contribution in [1.82, 2.24) is 14.6 Å². The standard InChI is InChI=1S/C25H30N6S/c1-15-10-16(2)24(17(3)11-15)29-21-12-23(28-20-6-4-19(26)5-7-20)30-31-22(13-27-25(21)31)18-8-9-32-14-18/h8-14,19-20,29H,4-7,26H2,1-3H3,(H,28,30)/t19-,20-. The summed E-state index contributed by atoms with van der Waals surface area (Å²) in [5, 5.41) is 16.5. The van der Waals surface area contributed by atoms with Gasteiger partial charge in [-0.25, -0.2) is 9.50 Å². The molecule has 0 amide bonds. The zero-order chi connectivity index (χ0) is 22.2. The Balaban J connectivity index is 1.58. The summed E-state index contributed by atoms with van der Waals surface area (Å²) in [5.74, 6) is 0.859. The van der Waals surface area contributed by atoms with E-state index < -0.39 is 0 Å². The molecule has 4 aromatic rings. The van der Waals surface area contributed by atoms with Gasteiger partial charge in [-0.15, -0.1) is 5.10 Å². The molecule has 1 aliphatic carbocycles. The van der Waals surface area contributed by atoms with Crippen molar-refractivity contribution in [2.24, 2.45) is 5.73 Å². The molecule has 0 atom stereocenters. The van der Waals surface area contributed by atoms with Gasteiger partial charge in [-0.3, -0.25) is 0 Å². The predicted octanol–water partition coefficient (Wildman–Crippen LogP) is 5.81. The Morgan fingerprint density at radius 3 is 2.50 bits per heavy atom. The second-order valence-electron chi connectivity index (χ2n) is 8.99. The molecule has 7 heteroatoms. The van der Waals surface area contributed by atoms with Crippen molar-refractivity contribution in [3.05, 3.63) is 57.9 Å². The van der Waals surface area contributed by atoms with E-state index in [4.69, 9.17) is 15.8 Å². The summed E-state index contributed by atoms with van der Waals surface area (Å²) in [6.45, 7) is 6.43. The maximum absolute atomic E-state index is 6.11. The number of benzene rings is 1. The van der Waals surface area contributed by atoms with E-state index in [2.05, 4.69) is 66.4 Å². The van der Waals surface area contributed by atoms with Crippen molar-refractivity contribution >= 4 is 34.2 Å². The molecule has 0 aliphatic heterocycles. The lowest BCUT2D eigenvalue weighted by molar-refractivity contribution is 0.410. The highest BCUT2D eigenvalue weighted by Gasteiger charge is 2.20. The van der Waals surface area contributed by atoms with Gasteiger partial charge in [0, 0.05) is 34.8 Å². The number of aromatic nitrogens is 3. The van der Waals surface area contributed by atoms with Gasteiger partial charge in [-0.1, -0.05) is 17.7 Å². The third-order valence-corrected chi connectivity index (χ3v) is 7.03. The number of nitrogens with two attached hydrogens (primary N) is 1. The second-order valence-corrected chi connectivity index (χ2v) is 9.77. The molecule has 1 saturated carbocycles. The van der Waals surface area contributed by atoms with Crippen LogP contribution in [0.15, 0.2) is 41.2 Å². The maximum atomic E-state index is 6.11. The van der Waals surface area contributed by atoms with Crippen molar-refractivity contribution < 1.29 is 0 Å². The number of nitrogens with zero attached hydrogens (tertiary/aromatic N) is 3. The van der Waals surface area contributed by atoms with Crippen LogP contribution in [-0.4, -0.2) is 26.7 Å². The topological polar surface area (TPSA) is 80.3 Å². The Labute approximate surface area is 192 Å². The summed E-state index contributed by atoms with van der Waals surface area (Å²) in [7, 11) is 0. The number of anilines is 3. The lowest BCUT2D eigenvalue weighted by Crippen LogP contribution is -2.33. The third kappa shape index (κ3) is 4.10. The molecule has 3 aromatic heterocycles. The average Bonchev–Trinajstić information content (AvgIpc) is 3.42. The van der Waals surface area contributed by atoms with Gasteiger partial charge in [0.05, 0.1) is 17.6 Å². The minimum atomic E-state index is 0.326. The molecule has 1 aliphatic rings. The van der Waals surface area contributed by atoms with E-state index in [-0.39, 0.29) is 0 Å². The van der Waals surface area contributed by atoms with E-state index >= 15 is 0 Å². The Hall–Kier alpha value is -2.90. The van der Waals surface area contributed by atoms with Crippen LogP contribution in [0.25, 0.3) is 16.9 Å². The maximum Gasteiger partial charge on any atom is 0.178 e. The van der Waals surface area contributed by atoms with E-state index in [1.165, 1.54) is 16.7 Å². The fraction of sp³-hybridized carbons (Fsp3) is 0.360. The highest BCUT2D eigenvalue weighted by atomic mass is 32.1. The number of nitrogens with one attached hydrogen (secondary N) is 2. The normalized spacial score (nSPS) is 18.8. The summed E-state index contributed by atoms with van der Waals surface area (Å²) in [5.41, 5.74) is 14.8. The van der Waals surface area contributed by atoms with Crippen molar-refractivity contribution in [1.29, 1.82) is 0 Å². The van der Waals surface area contributed by atoms with Crippen LogP contribution in [0.1, 0.15) is 42.4 Å². The van der Waals surface area contributed by atoms with Crippen LogP contribution in [0.2, 0.25) is 0 Å². The number of fused-ring (bicyclic) bond motifs is 1. The molecule has 0 bridgehead atoms. The van der Waals surface area contributed by atoms with Gasteiger partial charge < -0.3 is 16.4 Å². The third-order valence-electron chi connectivity index (χ3n) is 6.35. The second kappa shape index (κ2) is 8.56. The summed E-state index contributed by atoms with van der Waals surface area (Å²) in [4.78, 5) is 4.74. The van der Waals surface area contributed by atoms with E-state index in [0.717, 1.165) is 59.8 Å². The van der Waals surface area contributed by atoms with Crippen LogP contribution < -0.4 is 16.4 Å². The number of hydrogen-bond donors (Lipinski definition) is 3. The Bertz CT molecular complexity index is 1210. The molecule has 5 rings (SSSR count). The summed E-state index contributed by atoms with van der Waals surface area (Å²) >= 11 is 1.68. The van der Waals surface area contributed by atoms with Crippen LogP contribution in [0.3, 0.4) is 0 Å². The van der Waals surface area contributed by atoms with Gasteiger partial charge in [0.25, 0.3) is 0 Å². The van der Waals surface area contributed by atoms with E-state index in [1.807, 2.05) is 10.7 Å². The molecule has 0 spiro atoms. The summed E-state index contributed by atoms with van der Waals surface area (Å²) in [6.07, 6.45) is 6.16. The van der Waals surface area contributed by atoms with Crippen LogP contribution in [0, 0.1) is 20.8 Å². The van der Waals surface area contributed by atoms with Crippen LogP contribution >= 0.6 is 11.3 Å². The fourth-order valence-electron chi connectivity index (χ4n) is 4.72. The molecule has 3 heterocycles. The number of rotatable bonds is 5. The first-order chi connectivity index (χ1) is 15.5. The molecule has 0 unspecified atom stereocenters. The number of thiophene rings is 1. The summed E-state index contributed by atoms with van der Waals surface area (Å²) in [6, 6.07) is 9.34. The smallest absolute Gasteiger partial charge is 0.178 e. The zero-order valence-corrected chi connectivity index (χ0v) is 19.7. The fourth-order valence-corrected chi connectivity index (χ4v) is 5.37. The van der Waals surface area contributed by atoms with E-state index in [1.54, 1.807) is 11.3 Å². The minimum absolute atomic E-state index is 0.326. The minimum Gasteiger partial charge on any atom is -0.366 e. The Morgan fingerprint density at radius 2 is 1.81 bits per heavy atom. The van der Waals surface area contributed by atoms with Gasteiger partial charge in [0.15, 0.2) is 5.65 Å². The monoisotopic (exact) mass is 446 g/mol. The largest absolute Gasteiger partial charge is 0.366 e. The van der Waals surface area contributed by atoms with Crippen LogP contribution in [0.4, 0.5) is 17.2 Å². The number of aryl methyl sites for hydroxylation is 3. The molecule has 166 valence electrons. The molecule has 0 radical (unpaired) electrons. The lowest BCUT2D eigenvalue weighted by Gasteiger charge is -2.27. The zero-order valence-electron chi connectivity index (χ0n) is 18.9. The first-order valence-corrected chi connectivity index (χ1v) is 12.2. The molecule has 1 aromatic carbocycles. The Morgan fingerprint density at radius 1 is 1.06 bits per heavy atom. The molecule has 4 N–H and O–H groups in total. The molecule has 0 saturated heterocycles. The quantitative estimate of drug-likeness (QED) is 0.360. The van der Waals surface area contributed by atoms with Crippen molar-refractivity contribution in [3.63, 3.8) is 0 Å². The highest BCUT2D eigenvalue weighted by molar-refractivity contribution is 7.08. The molecule has 32 heavy (non-hydrogen) atoms. The van der Waals surface area contributed by atoms with Crippen molar-refractivity contribution in [3.8, 4) is 11.3 Å². The molecular weight excluding hydrogens is 416 g/mol. The van der Waals surface area contributed by atoms with Gasteiger partial charge in [-0.2, -0.15) is 11.3 Å². The van der Waals surface area contributed by atoms with Crippen LogP contribution in [-0.2, 0) is 0 Å². The SMILES string of the molecule is Cc1cc(C)c(Nc2cc(N[C@H]3CC[C@H](N)CC3)nn3c(-c4ccsc4)cnc23)c(C)c1. The number of imidazole rings is 1. The van der Waals surface area contributed by atoms with Crippen molar-refractivity contribution in [2.45, 2.75) is 58.5 Å². The van der Waals surface area contributed by atoms with Gasteiger partial charge in [0.2, 0.25) is 0 Å². The first kappa shape index (κ1) is 21.0. The average molecular weight is 447 g/mol. The van der Waals surface area contributed by atoms with Gasteiger partial charge in [0.1, 0.15) is 5.82 Å². The number of hydrogen-bond acceptors (Lipinski definition) is 6. The van der Waals surface area contributed by atoms with E-state index in [9.17, 15) is 0 Å². The van der Waals surface area contributed by atoms with Crippen LogP contribution in [0.5, 0.6) is 0 Å². The lowest BCUT2D eigenvalue weighted by atomic mass is 9.92. The Kier molecular flexibility index (Phi) is 5.61. The van der Waals surface area contributed by atoms with Crippen molar-refractivity contribution in [2.75, 3.05) is 10.6 Å². The van der Waals surface area contributed by atoms with Gasteiger partial charge >= 0.3 is 0 Å². The first-order valence-electron chi connectivity index (χ1n) is 11.3. The molecule has 6 nitrogen and oxygen atoms in total.